The molecule has 4 N–H and O–H groups in total. The molecule has 6 rings (SSSR count). The third kappa shape index (κ3) is 7.85. The highest BCUT2D eigenvalue weighted by molar-refractivity contribution is 5.89. The number of fused-ring (bicyclic) bond motifs is 1. The molecule has 48 heavy (non-hydrogen) atoms. The summed E-state index contributed by atoms with van der Waals surface area (Å²) in [5.74, 6) is -2.60. The Labute approximate surface area is 277 Å². The number of pyridine rings is 1. The molecule has 2 aromatic carbocycles. The molecule has 2 aliphatic heterocycles. The molecule has 3 amide bonds. The zero-order valence-electron chi connectivity index (χ0n) is 26.3. The van der Waals surface area contributed by atoms with Crippen LogP contribution in [0.1, 0.15) is 35.1 Å². The Bertz CT molecular complexity index is 1760. The average Bonchev–Trinajstić information content (AvgIpc) is 3.12. The van der Waals surface area contributed by atoms with Gasteiger partial charge in [-0.2, -0.15) is 4.39 Å². The van der Waals surface area contributed by atoms with E-state index < -0.39 is 29.7 Å². The Morgan fingerprint density at radius 1 is 0.958 bits per heavy atom. The minimum absolute atomic E-state index is 0.0529. The van der Waals surface area contributed by atoms with Gasteiger partial charge in [0.1, 0.15) is 12.4 Å². The van der Waals surface area contributed by atoms with Crippen LogP contribution in [-0.2, 0) is 35.5 Å². The molecule has 1 saturated heterocycles. The number of aromatic nitrogens is 3. The Kier molecular flexibility index (Phi) is 10.0. The number of nitrogens with one attached hydrogen (secondary N) is 3. The third-order valence-corrected chi connectivity index (χ3v) is 8.75. The number of halogens is 1. The van der Waals surface area contributed by atoms with E-state index in [1.807, 2.05) is 30.3 Å². The van der Waals surface area contributed by atoms with Crippen LogP contribution in [0.5, 0.6) is 0 Å². The summed E-state index contributed by atoms with van der Waals surface area (Å²) >= 11 is 0. The molecule has 2 aromatic heterocycles. The van der Waals surface area contributed by atoms with Gasteiger partial charge in [0.25, 0.3) is 0 Å². The SMILES string of the molecule is O=C(N[C@@H](Cc1ccc(NC(=O)N2CCc3ccccc3C2)cc1)C(=O)O)C1CCCN(c2ncnc(NCc3ccncc3)c2F)C1. The Balaban J connectivity index is 1.03. The van der Waals surface area contributed by atoms with Gasteiger partial charge in [-0.1, -0.05) is 36.4 Å². The molecule has 12 nitrogen and oxygen atoms in total. The fraction of sp³-hybridized carbons (Fsp3) is 0.314. The summed E-state index contributed by atoms with van der Waals surface area (Å²) in [6, 6.07) is 17.3. The first-order valence-electron chi connectivity index (χ1n) is 16.0. The van der Waals surface area contributed by atoms with Crippen LogP contribution in [0.15, 0.2) is 79.4 Å². The number of piperidine rings is 1. The molecule has 4 heterocycles. The summed E-state index contributed by atoms with van der Waals surface area (Å²) in [7, 11) is 0. The number of nitrogens with zero attached hydrogens (tertiary/aromatic N) is 5. The number of hydrogen-bond donors (Lipinski definition) is 4. The van der Waals surface area contributed by atoms with Gasteiger partial charge in [0, 0.05) is 57.2 Å². The average molecular weight is 653 g/mol. The third-order valence-electron chi connectivity index (χ3n) is 8.75. The molecule has 0 radical (unpaired) electrons. The number of urea groups is 1. The largest absolute Gasteiger partial charge is 0.480 e. The molecule has 2 aliphatic rings. The van der Waals surface area contributed by atoms with Crippen molar-refractivity contribution in [1.29, 1.82) is 0 Å². The number of carboxylic acids is 1. The zero-order chi connectivity index (χ0) is 33.5. The molecule has 0 aliphatic carbocycles. The van der Waals surface area contributed by atoms with E-state index in [9.17, 15) is 19.5 Å². The summed E-state index contributed by atoms with van der Waals surface area (Å²) in [6.07, 6.45) is 6.58. The number of anilines is 3. The van der Waals surface area contributed by atoms with E-state index in [1.54, 1.807) is 46.5 Å². The van der Waals surface area contributed by atoms with E-state index in [0.717, 1.165) is 17.5 Å². The number of rotatable bonds is 10. The number of carbonyl (C=O) groups is 3. The predicted octanol–water partition coefficient (Wildman–Crippen LogP) is 4.24. The second-order valence-electron chi connectivity index (χ2n) is 12.0. The molecule has 4 aromatic rings. The zero-order valence-corrected chi connectivity index (χ0v) is 26.3. The van der Waals surface area contributed by atoms with E-state index >= 15 is 4.39 Å². The lowest BCUT2D eigenvalue weighted by Crippen LogP contribution is -2.49. The first kappa shape index (κ1) is 32.4. The number of amides is 3. The summed E-state index contributed by atoms with van der Waals surface area (Å²) in [5.41, 5.74) is 4.58. The number of hydrogen-bond acceptors (Lipinski definition) is 8. The van der Waals surface area contributed by atoms with E-state index in [4.69, 9.17) is 0 Å². The van der Waals surface area contributed by atoms with Crippen molar-refractivity contribution in [3.63, 3.8) is 0 Å². The molecule has 13 heteroatoms. The van der Waals surface area contributed by atoms with Gasteiger partial charge in [-0.05, 0) is 65.8 Å². The summed E-state index contributed by atoms with van der Waals surface area (Å²) in [4.78, 5) is 54.0. The maximum Gasteiger partial charge on any atom is 0.326 e. The van der Waals surface area contributed by atoms with Crippen LogP contribution in [0.2, 0.25) is 0 Å². The van der Waals surface area contributed by atoms with Crippen LogP contribution in [0.4, 0.5) is 26.5 Å². The smallest absolute Gasteiger partial charge is 0.326 e. The summed E-state index contributed by atoms with van der Waals surface area (Å²) in [5, 5.41) is 18.5. The molecular formula is C35H37FN8O4. The molecule has 1 fully saturated rings. The Hall–Kier alpha value is -5.59. The Morgan fingerprint density at radius 2 is 1.73 bits per heavy atom. The quantitative estimate of drug-likeness (QED) is 0.197. The van der Waals surface area contributed by atoms with Crippen LogP contribution in [0, 0.1) is 11.7 Å². The molecule has 0 saturated carbocycles. The minimum atomic E-state index is -1.17. The molecule has 1 unspecified atom stereocenters. The van der Waals surface area contributed by atoms with Crippen LogP contribution in [0.25, 0.3) is 0 Å². The monoisotopic (exact) mass is 652 g/mol. The molecular weight excluding hydrogens is 615 g/mol. The number of benzene rings is 2. The molecule has 0 spiro atoms. The van der Waals surface area contributed by atoms with Crippen molar-refractivity contribution in [2.45, 2.75) is 44.8 Å². The van der Waals surface area contributed by atoms with Gasteiger partial charge in [-0.25, -0.2) is 19.6 Å². The lowest BCUT2D eigenvalue weighted by atomic mass is 9.96. The van der Waals surface area contributed by atoms with Gasteiger partial charge in [0.15, 0.2) is 11.6 Å². The topological polar surface area (TPSA) is 153 Å². The summed E-state index contributed by atoms with van der Waals surface area (Å²) in [6.45, 7) is 2.20. The van der Waals surface area contributed by atoms with Crippen molar-refractivity contribution in [2.24, 2.45) is 5.92 Å². The van der Waals surface area contributed by atoms with Crippen LogP contribution >= 0.6 is 0 Å². The lowest BCUT2D eigenvalue weighted by molar-refractivity contribution is -0.142. The van der Waals surface area contributed by atoms with Crippen LogP contribution in [0.3, 0.4) is 0 Å². The fourth-order valence-electron chi connectivity index (χ4n) is 6.10. The van der Waals surface area contributed by atoms with Gasteiger partial charge in [0.2, 0.25) is 11.7 Å². The number of aliphatic carboxylic acids is 1. The predicted molar refractivity (Wildman–Crippen MR) is 178 cm³/mol. The number of carbonyl (C=O) groups excluding carboxylic acids is 2. The van der Waals surface area contributed by atoms with Gasteiger partial charge < -0.3 is 30.9 Å². The first-order valence-corrected chi connectivity index (χ1v) is 16.0. The molecule has 248 valence electrons. The van der Waals surface area contributed by atoms with Crippen LogP contribution in [-0.4, -0.2) is 68.5 Å². The van der Waals surface area contributed by atoms with Crippen molar-refractivity contribution in [2.75, 3.05) is 35.2 Å². The Morgan fingerprint density at radius 3 is 2.50 bits per heavy atom. The first-order chi connectivity index (χ1) is 23.3. The molecule has 2 atom stereocenters. The maximum atomic E-state index is 15.4. The highest BCUT2D eigenvalue weighted by atomic mass is 19.1. The number of carboxylic acid groups (broad SMARTS) is 1. The van der Waals surface area contributed by atoms with E-state index in [-0.39, 0.29) is 30.6 Å². The second-order valence-corrected chi connectivity index (χ2v) is 12.0. The minimum Gasteiger partial charge on any atom is -0.480 e. The van der Waals surface area contributed by atoms with Crippen molar-refractivity contribution in [3.8, 4) is 0 Å². The van der Waals surface area contributed by atoms with Gasteiger partial charge in [-0.15, -0.1) is 0 Å². The molecule has 0 bridgehead atoms. The van der Waals surface area contributed by atoms with Gasteiger partial charge >= 0.3 is 12.0 Å². The standard InChI is InChI=1S/C35H37FN8O4/c36-30-31(38-19-24-11-14-37-15-12-24)39-22-40-32(30)43-16-3-6-27(21-43)33(45)42-29(34(46)47)18-23-7-9-28(10-8-23)41-35(48)44-17-13-25-4-1-2-5-26(25)20-44/h1-2,4-5,7-12,14-15,22,27,29H,3,6,13,16-21H2,(H,41,48)(H,42,45)(H,46,47)(H,38,39,40)/t27?,29-/m0/s1. The van der Waals surface area contributed by atoms with E-state index in [0.29, 0.717) is 50.3 Å². The fourth-order valence-corrected chi connectivity index (χ4v) is 6.10. The van der Waals surface area contributed by atoms with E-state index in [1.165, 1.54) is 11.9 Å². The highest BCUT2D eigenvalue weighted by Gasteiger charge is 2.31. The normalized spacial score (nSPS) is 16.4. The van der Waals surface area contributed by atoms with Gasteiger partial charge in [0.05, 0.1) is 5.92 Å². The second kappa shape index (κ2) is 14.9. The van der Waals surface area contributed by atoms with Crippen molar-refractivity contribution < 1.29 is 23.9 Å². The highest BCUT2D eigenvalue weighted by Crippen LogP contribution is 2.27. The van der Waals surface area contributed by atoms with Crippen molar-refractivity contribution in [1.82, 2.24) is 25.2 Å². The summed E-state index contributed by atoms with van der Waals surface area (Å²) < 4.78 is 15.4. The van der Waals surface area contributed by atoms with Crippen molar-refractivity contribution in [3.05, 3.63) is 107 Å². The maximum absolute atomic E-state index is 15.4. The van der Waals surface area contributed by atoms with E-state index in [2.05, 4.69) is 37.0 Å². The lowest BCUT2D eigenvalue weighted by Gasteiger charge is -2.33. The van der Waals surface area contributed by atoms with Crippen molar-refractivity contribution >= 4 is 35.2 Å². The van der Waals surface area contributed by atoms with Crippen LogP contribution < -0.4 is 20.9 Å². The van der Waals surface area contributed by atoms with Gasteiger partial charge in [-0.3, -0.25) is 9.78 Å².